The van der Waals surface area contributed by atoms with Crippen LogP contribution in [0.15, 0.2) is 54.6 Å². The van der Waals surface area contributed by atoms with Crippen LogP contribution in [0.5, 0.6) is 11.5 Å². The normalized spacial score (nSPS) is 17.1. The van der Waals surface area contributed by atoms with Gasteiger partial charge in [-0.1, -0.05) is 30.4 Å². The average Bonchev–Trinajstić information content (AvgIpc) is 3.16. The maximum absolute atomic E-state index is 12.6. The van der Waals surface area contributed by atoms with Crippen LogP contribution in [-0.2, 0) is 16.0 Å². The fraction of sp³-hybridized carbons (Fsp3) is 0.360. The van der Waals surface area contributed by atoms with Crippen molar-refractivity contribution in [2.75, 3.05) is 23.8 Å². The molecule has 4 rings (SSSR count). The molecule has 6 heteroatoms. The topological polar surface area (TPSA) is 76.7 Å². The van der Waals surface area contributed by atoms with E-state index in [1.807, 2.05) is 36.4 Å². The molecule has 0 radical (unpaired) electrons. The van der Waals surface area contributed by atoms with Crippen molar-refractivity contribution in [3.63, 3.8) is 0 Å². The Labute approximate surface area is 182 Å². The molecule has 0 bridgehead atoms. The van der Waals surface area contributed by atoms with Crippen LogP contribution < -0.4 is 20.1 Å². The van der Waals surface area contributed by atoms with Crippen LogP contribution in [-0.4, -0.2) is 25.0 Å². The third-order valence-corrected chi connectivity index (χ3v) is 5.49. The second-order valence-corrected chi connectivity index (χ2v) is 7.94. The number of rotatable bonds is 7. The van der Waals surface area contributed by atoms with Gasteiger partial charge in [-0.2, -0.15) is 0 Å². The summed E-state index contributed by atoms with van der Waals surface area (Å²) < 4.78 is 11.4. The van der Waals surface area contributed by atoms with Gasteiger partial charge in [0.25, 0.3) is 0 Å². The van der Waals surface area contributed by atoms with Crippen molar-refractivity contribution in [3.05, 3.63) is 60.2 Å². The minimum Gasteiger partial charge on any atom is -0.490 e. The molecule has 2 amide bonds. The molecule has 2 aromatic rings. The van der Waals surface area contributed by atoms with E-state index in [-0.39, 0.29) is 11.8 Å². The highest BCUT2D eigenvalue weighted by molar-refractivity contribution is 5.99. The number of carbonyl (C=O) groups is 2. The number of allylic oxidation sites excluding steroid dienone is 2. The summed E-state index contributed by atoms with van der Waals surface area (Å²) in [7, 11) is 0. The number of hydrogen-bond donors (Lipinski definition) is 2. The molecule has 2 aliphatic rings. The third-order valence-electron chi connectivity index (χ3n) is 5.49. The lowest BCUT2D eigenvalue weighted by Gasteiger charge is -2.14. The Hall–Kier alpha value is -3.28. The molecule has 0 spiro atoms. The van der Waals surface area contributed by atoms with Crippen molar-refractivity contribution in [2.24, 2.45) is 5.92 Å². The predicted molar refractivity (Wildman–Crippen MR) is 121 cm³/mol. The number of para-hydroxylation sites is 2. The summed E-state index contributed by atoms with van der Waals surface area (Å²) in [6.07, 6.45) is 8.52. The number of anilines is 2. The third kappa shape index (κ3) is 5.87. The zero-order chi connectivity index (χ0) is 21.5. The first kappa shape index (κ1) is 21.0. The molecule has 1 heterocycles. The zero-order valence-corrected chi connectivity index (χ0v) is 17.6. The first-order valence-electron chi connectivity index (χ1n) is 10.9. The van der Waals surface area contributed by atoms with Gasteiger partial charge in [0.1, 0.15) is 0 Å². The maximum Gasteiger partial charge on any atom is 0.225 e. The van der Waals surface area contributed by atoms with Crippen molar-refractivity contribution < 1.29 is 19.1 Å². The lowest BCUT2D eigenvalue weighted by molar-refractivity contribution is -0.117. The Morgan fingerprint density at radius 3 is 2.42 bits per heavy atom. The summed E-state index contributed by atoms with van der Waals surface area (Å²) >= 11 is 0. The number of hydrogen-bond acceptors (Lipinski definition) is 4. The Bertz CT molecular complexity index is 970. The van der Waals surface area contributed by atoms with Crippen LogP contribution in [0.3, 0.4) is 0 Å². The van der Waals surface area contributed by atoms with Gasteiger partial charge in [0.05, 0.1) is 24.6 Å². The molecule has 6 nitrogen and oxygen atoms in total. The van der Waals surface area contributed by atoms with Crippen LogP contribution in [0.1, 0.15) is 37.7 Å². The molecule has 1 atom stereocenters. The van der Waals surface area contributed by atoms with Gasteiger partial charge in [-0.15, -0.1) is 0 Å². The molecule has 31 heavy (non-hydrogen) atoms. The van der Waals surface area contributed by atoms with Gasteiger partial charge in [0.15, 0.2) is 11.5 Å². The Balaban J connectivity index is 1.32. The van der Waals surface area contributed by atoms with Crippen LogP contribution >= 0.6 is 0 Å². The number of aryl methyl sites for hydroxylation is 1. The van der Waals surface area contributed by atoms with Crippen LogP contribution in [0, 0.1) is 5.92 Å². The maximum atomic E-state index is 12.6. The quantitative estimate of drug-likeness (QED) is 0.636. The number of amides is 2. The van der Waals surface area contributed by atoms with Crippen LogP contribution in [0.4, 0.5) is 11.4 Å². The Morgan fingerprint density at radius 1 is 0.935 bits per heavy atom. The molecular formula is C25H28N2O4. The van der Waals surface area contributed by atoms with Crippen molar-refractivity contribution in [1.29, 1.82) is 0 Å². The summed E-state index contributed by atoms with van der Waals surface area (Å²) in [5, 5.41) is 5.87. The van der Waals surface area contributed by atoms with Crippen molar-refractivity contribution in [3.8, 4) is 11.5 Å². The van der Waals surface area contributed by atoms with Crippen molar-refractivity contribution in [2.45, 2.75) is 38.5 Å². The van der Waals surface area contributed by atoms with E-state index in [2.05, 4.69) is 22.8 Å². The minimum atomic E-state index is -0.104. The summed E-state index contributed by atoms with van der Waals surface area (Å²) in [5.41, 5.74) is 2.26. The summed E-state index contributed by atoms with van der Waals surface area (Å²) in [6, 6.07) is 13.1. The molecule has 0 aromatic heterocycles. The number of benzene rings is 2. The SMILES string of the molecule is O=C(CCc1ccc2c(c1)OCCCO2)Nc1ccccc1NC(=O)CC1C=CCC1. The summed E-state index contributed by atoms with van der Waals surface area (Å²) in [5.74, 6) is 1.65. The molecule has 0 saturated carbocycles. The zero-order valence-electron chi connectivity index (χ0n) is 17.6. The molecule has 2 aromatic carbocycles. The molecule has 0 fully saturated rings. The first-order chi connectivity index (χ1) is 15.2. The van der Waals surface area contributed by atoms with E-state index in [0.717, 1.165) is 36.3 Å². The van der Waals surface area contributed by atoms with Gasteiger partial charge in [-0.25, -0.2) is 0 Å². The number of fused-ring (bicyclic) bond motifs is 1. The van der Waals surface area contributed by atoms with Crippen molar-refractivity contribution >= 4 is 23.2 Å². The molecular weight excluding hydrogens is 392 g/mol. The van der Waals surface area contributed by atoms with E-state index >= 15 is 0 Å². The fourth-order valence-electron chi connectivity index (χ4n) is 3.84. The van der Waals surface area contributed by atoms with Crippen LogP contribution in [0.25, 0.3) is 0 Å². The smallest absolute Gasteiger partial charge is 0.225 e. The number of nitrogens with one attached hydrogen (secondary N) is 2. The molecule has 1 unspecified atom stereocenters. The highest BCUT2D eigenvalue weighted by Crippen LogP contribution is 2.31. The fourth-order valence-corrected chi connectivity index (χ4v) is 3.84. The summed E-state index contributed by atoms with van der Waals surface area (Å²) in [4.78, 5) is 24.9. The van der Waals surface area contributed by atoms with Gasteiger partial charge in [-0.3, -0.25) is 9.59 Å². The Morgan fingerprint density at radius 2 is 1.68 bits per heavy atom. The molecule has 0 saturated heterocycles. The van der Waals surface area contributed by atoms with E-state index in [0.29, 0.717) is 49.8 Å². The van der Waals surface area contributed by atoms with Gasteiger partial charge in [-0.05, 0) is 55.0 Å². The number of carbonyl (C=O) groups excluding carboxylic acids is 2. The lowest BCUT2D eigenvalue weighted by Crippen LogP contribution is -2.18. The molecule has 1 aliphatic heterocycles. The molecule has 1 aliphatic carbocycles. The highest BCUT2D eigenvalue weighted by Gasteiger charge is 2.16. The highest BCUT2D eigenvalue weighted by atomic mass is 16.5. The molecule has 2 N–H and O–H groups in total. The minimum absolute atomic E-state index is 0.0366. The lowest BCUT2D eigenvalue weighted by atomic mass is 10.0. The van der Waals surface area contributed by atoms with E-state index in [1.165, 1.54) is 0 Å². The number of ether oxygens (including phenoxy) is 2. The van der Waals surface area contributed by atoms with Gasteiger partial charge < -0.3 is 20.1 Å². The van der Waals surface area contributed by atoms with Crippen LogP contribution in [0.2, 0.25) is 0 Å². The van der Waals surface area contributed by atoms with E-state index in [4.69, 9.17) is 9.47 Å². The van der Waals surface area contributed by atoms with Crippen molar-refractivity contribution in [1.82, 2.24) is 0 Å². The predicted octanol–water partition coefficient (Wildman–Crippen LogP) is 4.71. The van der Waals surface area contributed by atoms with E-state index < -0.39 is 0 Å². The van der Waals surface area contributed by atoms with Gasteiger partial charge >= 0.3 is 0 Å². The van der Waals surface area contributed by atoms with E-state index in [9.17, 15) is 9.59 Å². The largest absolute Gasteiger partial charge is 0.490 e. The van der Waals surface area contributed by atoms with Gasteiger partial charge in [0, 0.05) is 19.3 Å². The van der Waals surface area contributed by atoms with E-state index in [1.54, 1.807) is 6.07 Å². The monoisotopic (exact) mass is 420 g/mol. The van der Waals surface area contributed by atoms with Gasteiger partial charge in [0.2, 0.25) is 11.8 Å². The summed E-state index contributed by atoms with van der Waals surface area (Å²) in [6.45, 7) is 1.29. The molecule has 162 valence electrons. The standard InChI is InChI=1S/C25H28N2O4/c28-24(13-11-19-10-12-22-23(16-19)31-15-5-14-30-22)26-20-8-3-4-9-21(20)27-25(29)17-18-6-1-2-7-18/h1,3-4,6,8-10,12,16,18H,2,5,7,11,13-15,17H2,(H,26,28)(H,27,29). The second kappa shape index (κ2) is 10.2. The average molecular weight is 421 g/mol. The second-order valence-electron chi connectivity index (χ2n) is 7.94. The first-order valence-corrected chi connectivity index (χ1v) is 10.9. The Kier molecular flexibility index (Phi) is 6.87.